The summed E-state index contributed by atoms with van der Waals surface area (Å²) in [6, 6.07) is 14.8. The van der Waals surface area contributed by atoms with Crippen molar-refractivity contribution < 1.29 is 29.4 Å². The standard InChI is InChI=1S/C23H28N4O6/c24-17(11-15-7-3-1-4-8-15)21(30)27-18(12-16-9-5-2-6-10-16)22(31)25-13-20(29)26-19(14-28)23(32)33/h1-10,17-19,28H,11-14,24H2,(H,25,31)(H,26,29)(H,27,30)(H,32,33). The molecule has 3 unspecified atom stereocenters. The van der Waals surface area contributed by atoms with Crippen LogP contribution in [-0.4, -0.2) is 65.2 Å². The van der Waals surface area contributed by atoms with Crippen LogP contribution in [0.25, 0.3) is 0 Å². The van der Waals surface area contributed by atoms with Gasteiger partial charge in [0.25, 0.3) is 0 Å². The second-order valence-corrected chi connectivity index (χ2v) is 7.41. The SMILES string of the molecule is NC(Cc1ccccc1)C(=O)NC(Cc1ccccc1)C(=O)NCC(=O)NC(CO)C(=O)O. The zero-order valence-electron chi connectivity index (χ0n) is 17.9. The fraction of sp³-hybridized carbons (Fsp3) is 0.304. The van der Waals surface area contributed by atoms with E-state index in [0.29, 0.717) is 0 Å². The summed E-state index contributed by atoms with van der Waals surface area (Å²) in [4.78, 5) is 48.2. The van der Waals surface area contributed by atoms with E-state index >= 15 is 0 Å². The van der Waals surface area contributed by atoms with Crippen LogP contribution in [0.3, 0.4) is 0 Å². The van der Waals surface area contributed by atoms with Gasteiger partial charge in [0.1, 0.15) is 12.1 Å². The molecule has 33 heavy (non-hydrogen) atoms. The highest BCUT2D eigenvalue weighted by atomic mass is 16.4. The van der Waals surface area contributed by atoms with E-state index in [9.17, 15) is 19.2 Å². The first-order valence-electron chi connectivity index (χ1n) is 10.3. The molecule has 0 radical (unpaired) electrons. The van der Waals surface area contributed by atoms with E-state index in [0.717, 1.165) is 11.1 Å². The molecule has 0 aliphatic heterocycles. The molecule has 7 N–H and O–H groups in total. The molecule has 0 fully saturated rings. The maximum absolute atomic E-state index is 12.7. The van der Waals surface area contributed by atoms with Gasteiger partial charge in [-0.15, -0.1) is 0 Å². The Kier molecular flexibility index (Phi) is 10.00. The highest BCUT2D eigenvalue weighted by Crippen LogP contribution is 2.06. The van der Waals surface area contributed by atoms with Crippen LogP contribution in [0.5, 0.6) is 0 Å². The second-order valence-electron chi connectivity index (χ2n) is 7.41. The predicted octanol–water partition coefficient (Wildman–Crippen LogP) is -1.04. The van der Waals surface area contributed by atoms with Crippen molar-refractivity contribution in [3.8, 4) is 0 Å². The normalized spacial score (nSPS) is 13.3. The molecule has 10 heteroatoms. The Morgan fingerprint density at radius 2 is 1.33 bits per heavy atom. The summed E-state index contributed by atoms with van der Waals surface area (Å²) in [5, 5.41) is 25.0. The number of carbonyl (C=O) groups excluding carboxylic acids is 3. The van der Waals surface area contributed by atoms with Gasteiger partial charge in [-0.2, -0.15) is 0 Å². The average Bonchev–Trinajstić information content (AvgIpc) is 2.81. The minimum atomic E-state index is -1.48. The van der Waals surface area contributed by atoms with Gasteiger partial charge in [0.2, 0.25) is 17.7 Å². The molecule has 176 valence electrons. The molecule has 0 aliphatic rings. The van der Waals surface area contributed by atoms with E-state index in [4.69, 9.17) is 15.9 Å². The Morgan fingerprint density at radius 1 is 0.788 bits per heavy atom. The first-order chi connectivity index (χ1) is 15.8. The minimum absolute atomic E-state index is 0.159. The van der Waals surface area contributed by atoms with E-state index in [1.807, 2.05) is 36.4 Å². The summed E-state index contributed by atoms with van der Waals surface area (Å²) in [6.45, 7) is -1.32. The van der Waals surface area contributed by atoms with Gasteiger partial charge >= 0.3 is 5.97 Å². The van der Waals surface area contributed by atoms with Crippen LogP contribution < -0.4 is 21.7 Å². The van der Waals surface area contributed by atoms with E-state index < -0.39 is 55.0 Å². The Balaban J connectivity index is 2.01. The Hall–Kier alpha value is -3.76. The first-order valence-corrected chi connectivity index (χ1v) is 10.3. The number of carboxylic acid groups (broad SMARTS) is 1. The number of nitrogens with one attached hydrogen (secondary N) is 3. The van der Waals surface area contributed by atoms with Crippen molar-refractivity contribution in [2.75, 3.05) is 13.2 Å². The van der Waals surface area contributed by atoms with Gasteiger partial charge in [-0.25, -0.2) is 4.79 Å². The van der Waals surface area contributed by atoms with Gasteiger partial charge in [0.05, 0.1) is 19.2 Å². The predicted molar refractivity (Wildman–Crippen MR) is 120 cm³/mol. The molecule has 0 saturated heterocycles. The lowest BCUT2D eigenvalue weighted by Crippen LogP contribution is -2.54. The van der Waals surface area contributed by atoms with Crippen molar-refractivity contribution in [2.24, 2.45) is 5.73 Å². The fourth-order valence-corrected chi connectivity index (χ4v) is 3.02. The van der Waals surface area contributed by atoms with Gasteiger partial charge in [0, 0.05) is 6.42 Å². The molecular weight excluding hydrogens is 428 g/mol. The maximum atomic E-state index is 12.7. The van der Waals surface area contributed by atoms with Crippen molar-refractivity contribution in [3.63, 3.8) is 0 Å². The van der Waals surface area contributed by atoms with E-state index in [1.165, 1.54) is 0 Å². The highest BCUT2D eigenvalue weighted by molar-refractivity contribution is 5.92. The Morgan fingerprint density at radius 3 is 1.85 bits per heavy atom. The van der Waals surface area contributed by atoms with Crippen LogP contribution in [0, 0.1) is 0 Å². The van der Waals surface area contributed by atoms with E-state index in [1.54, 1.807) is 24.3 Å². The molecular formula is C23H28N4O6. The average molecular weight is 456 g/mol. The number of benzene rings is 2. The quantitative estimate of drug-likeness (QED) is 0.237. The molecule has 2 rings (SSSR count). The number of aliphatic hydroxyl groups is 1. The lowest BCUT2D eigenvalue weighted by Gasteiger charge is -2.21. The number of rotatable bonds is 12. The fourth-order valence-electron chi connectivity index (χ4n) is 3.02. The molecule has 3 atom stereocenters. The summed E-state index contributed by atoms with van der Waals surface area (Å²) >= 11 is 0. The Labute approximate surface area is 191 Å². The molecule has 0 aliphatic carbocycles. The molecule has 2 aromatic rings. The number of nitrogens with two attached hydrogens (primary N) is 1. The third kappa shape index (κ3) is 8.71. The van der Waals surface area contributed by atoms with Gasteiger partial charge in [-0.1, -0.05) is 60.7 Å². The number of carboxylic acids is 1. The smallest absolute Gasteiger partial charge is 0.328 e. The van der Waals surface area contributed by atoms with Crippen LogP contribution in [0.1, 0.15) is 11.1 Å². The second kappa shape index (κ2) is 12.9. The largest absolute Gasteiger partial charge is 0.480 e. The van der Waals surface area contributed by atoms with Crippen LogP contribution in [0.4, 0.5) is 0 Å². The van der Waals surface area contributed by atoms with Crippen molar-refractivity contribution >= 4 is 23.7 Å². The number of aliphatic hydroxyl groups excluding tert-OH is 1. The van der Waals surface area contributed by atoms with Gasteiger partial charge in [-0.3, -0.25) is 14.4 Å². The number of aliphatic carboxylic acids is 1. The van der Waals surface area contributed by atoms with Gasteiger partial charge < -0.3 is 31.9 Å². The summed E-state index contributed by atoms with van der Waals surface area (Å²) in [5.74, 6) is -3.36. The number of carbonyl (C=O) groups is 4. The molecule has 2 aromatic carbocycles. The Bertz CT molecular complexity index is 938. The van der Waals surface area contributed by atoms with E-state index in [-0.39, 0.29) is 12.8 Å². The van der Waals surface area contributed by atoms with Crippen molar-refractivity contribution in [2.45, 2.75) is 31.0 Å². The lowest BCUT2D eigenvalue weighted by atomic mass is 10.0. The number of hydrogen-bond donors (Lipinski definition) is 6. The summed E-state index contributed by atoms with van der Waals surface area (Å²) in [7, 11) is 0. The monoisotopic (exact) mass is 456 g/mol. The topological polar surface area (TPSA) is 171 Å². The molecule has 0 spiro atoms. The zero-order valence-corrected chi connectivity index (χ0v) is 17.9. The van der Waals surface area contributed by atoms with Crippen molar-refractivity contribution in [1.82, 2.24) is 16.0 Å². The first kappa shape index (κ1) is 25.5. The van der Waals surface area contributed by atoms with Crippen LogP contribution in [0.15, 0.2) is 60.7 Å². The number of hydrogen-bond acceptors (Lipinski definition) is 6. The molecule has 0 aromatic heterocycles. The van der Waals surface area contributed by atoms with Gasteiger partial charge in [0.15, 0.2) is 0 Å². The van der Waals surface area contributed by atoms with E-state index in [2.05, 4.69) is 16.0 Å². The highest BCUT2D eigenvalue weighted by Gasteiger charge is 2.25. The molecule has 0 saturated carbocycles. The summed E-state index contributed by atoms with van der Waals surface area (Å²) < 4.78 is 0. The van der Waals surface area contributed by atoms with Crippen LogP contribution in [0.2, 0.25) is 0 Å². The molecule has 3 amide bonds. The minimum Gasteiger partial charge on any atom is -0.480 e. The zero-order chi connectivity index (χ0) is 24.2. The van der Waals surface area contributed by atoms with Gasteiger partial charge in [-0.05, 0) is 17.5 Å². The number of amides is 3. The molecule has 0 bridgehead atoms. The van der Waals surface area contributed by atoms with Crippen LogP contribution >= 0.6 is 0 Å². The molecule has 0 heterocycles. The third-order valence-electron chi connectivity index (χ3n) is 4.79. The van der Waals surface area contributed by atoms with Crippen LogP contribution in [-0.2, 0) is 32.0 Å². The lowest BCUT2D eigenvalue weighted by molar-refractivity contribution is -0.142. The molecule has 10 nitrogen and oxygen atoms in total. The maximum Gasteiger partial charge on any atom is 0.328 e. The summed E-state index contributed by atoms with van der Waals surface area (Å²) in [5.41, 5.74) is 7.68. The third-order valence-corrected chi connectivity index (χ3v) is 4.79. The van der Waals surface area contributed by atoms with Crippen molar-refractivity contribution in [3.05, 3.63) is 71.8 Å². The van der Waals surface area contributed by atoms with Crippen molar-refractivity contribution in [1.29, 1.82) is 0 Å². The summed E-state index contributed by atoms with van der Waals surface area (Å²) in [6.07, 6.45) is 0.443.